The molecule has 0 aromatic heterocycles. The van der Waals surface area contributed by atoms with Crippen molar-refractivity contribution in [2.24, 2.45) is 0 Å². The Kier molecular flexibility index (Phi) is 7.58. The fourth-order valence-corrected chi connectivity index (χ4v) is 2.68. The highest BCUT2D eigenvalue weighted by Crippen LogP contribution is 2.31. The van der Waals surface area contributed by atoms with Crippen molar-refractivity contribution < 1.29 is 9.47 Å². The molecule has 24 heavy (non-hydrogen) atoms. The Hall–Kier alpha value is -1.54. The molecule has 0 spiro atoms. The predicted molar refractivity (Wildman–Crippen MR) is 97.6 cm³/mol. The van der Waals surface area contributed by atoms with Gasteiger partial charge in [0.05, 0.1) is 19.4 Å². The summed E-state index contributed by atoms with van der Waals surface area (Å²) in [5.74, 6) is 1.50. The lowest BCUT2D eigenvalue weighted by Gasteiger charge is -2.33. The smallest absolute Gasteiger partial charge is 0.163 e. The third-order valence-electron chi connectivity index (χ3n) is 4.10. The molecule has 1 aromatic rings. The molecule has 1 fully saturated rings. The maximum absolute atomic E-state index is 6.05. The van der Waals surface area contributed by atoms with Crippen LogP contribution in [0.2, 0.25) is 0 Å². The van der Waals surface area contributed by atoms with E-state index < -0.39 is 0 Å². The Labute approximate surface area is 144 Å². The quantitative estimate of drug-likeness (QED) is 0.458. The van der Waals surface area contributed by atoms with Crippen LogP contribution >= 0.6 is 0 Å². The molecule has 7 heteroatoms. The van der Waals surface area contributed by atoms with Crippen LogP contribution in [0.5, 0.6) is 11.5 Å². The molecule has 0 saturated carbocycles. The fourth-order valence-electron chi connectivity index (χ4n) is 2.68. The van der Waals surface area contributed by atoms with E-state index in [2.05, 4.69) is 33.5 Å². The van der Waals surface area contributed by atoms with Gasteiger partial charge >= 0.3 is 0 Å². The fraction of sp³-hybridized carbons (Fsp3) is 0.647. The third-order valence-corrected chi connectivity index (χ3v) is 4.10. The van der Waals surface area contributed by atoms with Gasteiger partial charge in [-0.25, -0.2) is 0 Å². The van der Waals surface area contributed by atoms with Crippen LogP contribution in [0.4, 0.5) is 5.69 Å². The van der Waals surface area contributed by atoms with Gasteiger partial charge in [-0.05, 0) is 52.5 Å². The normalized spacial score (nSPS) is 22.0. The van der Waals surface area contributed by atoms with Crippen LogP contribution in [0.1, 0.15) is 19.8 Å². The monoisotopic (exact) mass is 337 g/mol. The van der Waals surface area contributed by atoms with Gasteiger partial charge in [-0.3, -0.25) is 10.6 Å². The van der Waals surface area contributed by atoms with Gasteiger partial charge < -0.3 is 25.4 Å². The van der Waals surface area contributed by atoms with E-state index in [1.807, 2.05) is 32.3 Å². The number of nitrogens with one attached hydrogen (secondary N) is 5. The number of hydrogen-bond acceptors (Lipinski definition) is 7. The molecule has 3 unspecified atom stereocenters. The Morgan fingerprint density at radius 1 is 1.29 bits per heavy atom. The standard InChI is InChI=1S/C17H31N5O2/c1-12(7-9-18-2)24-15-11-13(5-6-14(15)23-4)21-17-20-10-8-16(19-3)22-17/h5-6,11-12,16-22H,7-10H2,1-4H3. The van der Waals surface area contributed by atoms with Gasteiger partial charge in [0.2, 0.25) is 0 Å². The molecule has 3 atom stereocenters. The van der Waals surface area contributed by atoms with E-state index in [9.17, 15) is 0 Å². The van der Waals surface area contributed by atoms with Crippen molar-refractivity contribution >= 4 is 5.69 Å². The highest BCUT2D eigenvalue weighted by atomic mass is 16.5. The molecule has 5 N–H and O–H groups in total. The molecule has 1 aliphatic rings. The van der Waals surface area contributed by atoms with E-state index in [1.54, 1.807) is 7.11 Å². The minimum Gasteiger partial charge on any atom is -0.493 e. The summed E-state index contributed by atoms with van der Waals surface area (Å²) in [6.07, 6.45) is 2.42. The van der Waals surface area contributed by atoms with Crippen molar-refractivity contribution in [2.45, 2.75) is 38.3 Å². The first-order valence-corrected chi connectivity index (χ1v) is 8.58. The van der Waals surface area contributed by atoms with Crippen LogP contribution in [0, 0.1) is 0 Å². The molecule has 0 amide bonds. The Morgan fingerprint density at radius 2 is 2.12 bits per heavy atom. The van der Waals surface area contributed by atoms with Gasteiger partial charge in [-0.2, -0.15) is 0 Å². The molecular weight excluding hydrogens is 306 g/mol. The Morgan fingerprint density at radius 3 is 2.83 bits per heavy atom. The summed E-state index contributed by atoms with van der Waals surface area (Å²) in [6.45, 7) is 3.94. The van der Waals surface area contributed by atoms with E-state index in [-0.39, 0.29) is 12.4 Å². The molecule has 136 valence electrons. The number of benzene rings is 1. The van der Waals surface area contributed by atoms with Crippen LogP contribution in [0.3, 0.4) is 0 Å². The predicted octanol–water partition coefficient (Wildman–Crippen LogP) is 0.896. The van der Waals surface area contributed by atoms with Gasteiger partial charge in [0.1, 0.15) is 6.29 Å². The minimum atomic E-state index is 0.0131. The lowest BCUT2D eigenvalue weighted by molar-refractivity contribution is 0.202. The largest absolute Gasteiger partial charge is 0.493 e. The first kappa shape index (κ1) is 18.8. The zero-order valence-electron chi connectivity index (χ0n) is 15.1. The van der Waals surface area contributed by atoms with E-state index in [1.165, 1.54) is 0 Å². The van der Waals surface area contributed by atoms with Crippen molar-refractivity contribution in [3.05, 3.63) is 18.2 Å². The summed E-state index contributed by atoms with van der Waals surface area (Å²) in [4.78, 5) is 0. The summed E-state index contributed by atoms with van der Waals surface area (Å²) in [6, 6.07) is 5.91. The highest BCUT2D eigenvalue weighted by Gasteiger charge is 2.19. The van der Waals surface area contributed by atoms with E-state index in [4.69, 9.17) is 9.47 Å². The first-order chi connectivity index (χ1) is 11.7. The average molecular weight is 337 g/mol. The molecule has 2 rings (SSSR count). The second-order valence-corrected chi connectivity index (χ2v) is 6.01. The van der Waals surface area contributed by atoms with Crippen LogP contribution in [0.25, 0.3) is 0 Å². The van der Waals surface area contributed by atoms with Crippen LogP contribution in [-0.4, -0.2) is 52.9 Å². The molecule has 1 heterocycles. The lowest BCUT2D eigenvalue weighted by atomic mass is 10.2. The van der Waals surface area contributed by atoms with E-state index >= 15 is 0 Å². The number of hydrogen-bond donors (Lipinski definition) is 5. The second-order valence-electron chi connectivity index (χ2n) is 6.01. The maximum Gasteiger partial charge on any atom is 0.163 e. The number of anilines is 1. The molecule has 7 nitrogen and oxygen atoms in total. The lowest BCUT2D eigenvalue weighted by Crippen LogP contribution is -2.61. The van der Waals surface area contributed by atoms with Crippen molar-refractivity contribution in [3.8, 4) is 11.5 Å². The van der Waals surface area contributed by atoms with E-state index in [0.717, 1.165) is 43.1 Å². The summed E-state index contributed by atoms with van der Waals surface area (Å²) >= 11 is 0. The summed E-state index contributed by atoms with van der Waals surface area (Å²) in [5, 5.41) is 16.7. The summed E-state index contributed by atoms with van der Waals surface area (Å²) in [5.41, 5.74) is 0.980. The van der Waals surface area contributed by atoms with E-state index in [0.29, 0.717) is 6.17 Å². The van der Waals surface area contributed by atoms with Gasteiger partial charge in [0.25, 0.3) is 0 Å². The molecule has 1 aliphatic heterocycles. The number of rotatable bonds is 9. The molecular formula is C17H31N5O2. The maximum atomic E-state index is 6.05. The summed E-state index contributed by atoms with van der Waals surface area (Å²) in [7, 11) is 5.57. The third kappa shape index (κ3) is 5.52. The van der Waals surface area contributed by atoms with Crippen molar-refractivity contribution in [1.29, 1.82) is 0 Å². The molecule has 1 aromatic carbocycles. The Bertz CT molecular complexity index is 500. The SMILES string of the molecule is CNCCC(C)Oc1cc(NC2NCCC(NC)N2)ccc1OC. The van der Waals surface area contributed by atoms with Crippen LogP contribution in [0.15, 0.2) is 18.2 Å². The van der Waals surface area contributed by atoms with Gasteiger partial charge in [-0.1, -0.05) is 0 Å². The molecule has 0 aliphatic carbocycles. The van der Waals surface area contributed by atoms with Crippen LogP contribution < -0.4 is 36.1 Å². The topological polar surface area (TPSA) is 78.6 Å². The first-order valence-electron chi connectivity index (χ1n) is 8.58. The minimum absolute atomic E-state index is 0.0131. The summed E-state index contributed by atoms with van der Waals surface area (Å²) < 4.78 is 11.5. The van der Waals surface area contributed by atoms with Crippen molar-refractivity contribution in [2.75, 3.05) is 39.6 Å². The van der Waals surface area contributed by atoms with Gasteiger partial charge in [0.15, 0.2) is 11.5 Å². The second kappa shape index (κ2) is 9.68. The number of ether oxygens (including phenoxy) is 2. The van der Waals surface area contributed by atoms with Crippen LogP contribution in [-0.2, 0) is 0 Å². The molecule has 0 bridgehead atoms. The van der Waals surface area contributed by atoms with Gasteiger partial charge in [0, 0.05) is 18.3 Å². The molecule has 1 saturated heterocycles. The van der Waals surface area contributed by atoms with Crippen molar-refractivity contribution in [3.63, 3.8) is 0 Å². The molecule has 0 radical (unpaired) electrons. The average Bonchev–Trinajstić information content (AvgIpc) is 2.60. The van der Waals surface area contributed by atoms with Gasteiger partial charge in [-0.15, -0.1) is 0 Å². The van der Waals surface area contributed by atoms with Crippen molar-refractivity contribution in [1.82, 2.24) is 21.3 Å². The zero-order chi connectivity index (χ0) is 17.4. The highest BCUT2D eigenvalue weighted by molar-refractivity contribution is 5.55. The zero-order valence-corrected chi connectivity index (χ0v) is 15.1. The Balaban J connectivity index is 2.01. The number of methoxy groups -OCH3 is 1.